The molecule has 0 bridgehead atoms. The lowest BCUT2D eigenvalue weighted by molar-refractivity contribution is 0.230. The molecule has 2 heteroatoms. The third kappa shape index (κ3) is 3.26. The van der Waals surface area contributed by atoms with Crippen molar-refractivity contribution in [2.75, 3.05) is 7.05 Å². The molecule has 1 fully saturated rings. The molecule has 0 aliphatic heterocycles. The molecule has 1 N–H and O–H groups in total. The molecule has 0 spiro atoms. The number of ether oxygens (including phenoxy) is 1. The second kappa shape index (κ2) is 6.24. The van der Waals surface area contributed by atoms with Gasteiger partial charge in [-0.2, -0.15) is 0 Å². The van der Waals surface area contributed by atoms with Crippen LogP contribution in [0, 0.1) is 5.92 Å². The molecule has 100 valence electrons. The highest BCUT2D eigenvalue weighted by Gasteiger charge is 2.24. The van der Waals surface area contributed by atoms with Gasteiger partial charge in [0.25, 0.3) is 0 Å². The molecule has 1 aromatic carbocycles. The fourth-order valence-electron chi connectivity index (χ4n) is 2.59. The number of rotatable bonds is 6. The van der Waals surface area contributed by atoms with Gasteiger partial charge in [0.1, 0.15) is 5.75 Å². The van der Waals surface area contributed by atoms with Gasteiger partial charge in [0.05, 0.1) is 6.10 Å². The van der Waals surface area contributed by atoms with Gasteiger partial charge in [-0.25, -0.2) is 0 Å². The number of benzene rings is 1. The summed E-state index contributed by atoms with van der Waals surface area (Å²) in [5, 5.41) is 3.45. The highest BCUT2D eigenvalue weighted by molar-refractivity contribution is 5.36. The summed E-state index contributed by atoms with van der Waals surface area (Å²) in [7, 11) is 2.05. The average Bonchev–Trinajstić information content (AvgIpc) is 2.29. The lowest BCUT2D eigenvalue weighted by Gasteiger charge is -2.30. The van der Waals surface area contributed by atoms with Gasteiger partial charge in [-0.3, -0.25) is 0 Å². The van der Waals surface area contributed by atoms with Crippen molar-refractivity contribution in [2.24, 2.45) is 5.92 Å². The van der Waals surface area contributed by atoms with Crippen molar-refractivity contribution in [3.63, 3.8) is 0 Å². The summed E-state index contributed by atoms with van der Waals surface area (Å²) in [6.45, 7) is 4.16. The third-order valence-electron chi connectivity index (χ3n) is 3.80. The predicted molar refractivity (Wildman–Crippen MR) is 76.0 cm³/mol. The number of hydrogen-bond donors (Lipinski definition) is 1. The Morgan fingerprint density at radius 3 is 2.56 bits per heavy atom. The van der Waals surface area contributed by atoms with Crippen LogP contribution < -0.4 is 10.1 Å². The second-order valence-electron chi connectivity index (χ2n) is 5.58. The highest BCUT2D eigenvalue weighted by Crippen LogP contribution is 2.37. The highest BCUT2D eigenvalue weighted by atomic mass is 16.5. The molecule has 2 nitrogen and oxygen atoms in total. The van der Waals surface area contributed by atoms with Crippen LogP contribution in [-0.4, -0.2) is 13.2 Å². The van der Waals surface area contributed by atoms with Crippen LogP contribution in [0.4, 0.5) is 0 Å². The first-order chi connectivity index (χ1) is 8.70. The molecule has 0 saturated heterocycles. The first kappa shape index (κ1) is 13.4. The van der Waals surface area contributed by atoms with Gasteiger partial charge in [-0.05, 0) is 39.3 Å². The molecule has 0 heterocycles. The summed E-state index contributed by atoms with van der Waals surface area (Å²) < 4.78 is 5.92. The maximum atomic E-state index is 5.92. The quantitative estimate of drug-likeness (QED) is 0.822. The molecule has 0 amide bonds. The molecule has 1 aliphatic carbocycles. The maximum absolute atomic E-state index is 5.92. The normalized spacial score (nSPS) is 17.6. The van der Waals surface area contributed by atoms with Gasteiger partial charge < -0.3 is 10.1 Å². The van der Waals surface area contributed by atoms with E-state index in [-0.39, 0.29) is 6.10 Å². The Hall–Kier alpha value is -1.02. The van der Waals surface area contributed by atoms with Crippen LogP contribution in [0.3, 0.4) is 0 Å². The Balaban J connectivity index is 2.12. The Labute approximate surface area is 111 Å². The van der Waals surface area contributed by atoms with Gasteiger partial charge in [0.15, 0.2) is 0 Å². The monoisotopic (exact) mass is 247 g/mol. The van der Waals surface area contributed by atoms with Crippen molar-refractivity contribution in [3.8, 4) is 5.75 Å². The van der Waals surface area contributed by atoms with Crippen LogP contribution >= 0.6 is 0 Å². The number of nitrogens with one attached hydrogen (secondary N) is 1. The van der Waals surface area contributed by atoms with E-state index in [1.807, 2.05) is 0 Å². The SMILES string of the molecule is CNC(CC1CCC1)c1ccccc1OC(C)C. The molecule has 1 aromatic rings. The second-order valence-corrected chi connectivity index (χ2v) is 5.58. The lowest BCUT2D eigenvalue weighted by atomic mass is 9.79. The Kier molecular flexibility index (Phi) is 4.65. The van der Waals surface area contributed by atoms with Crippen LogP contribution in [-0.2, 0) is 0 Å². The van der Waals surface area contributed by atoms with Crippen LogP contribution in [0.1, 0.15) is 51.1 Å². The van der Waals surface area contributed by atoms with Crippen molar-refractivity contribution in [3.05, 3.63) is 29.8 Å². The van der Waals surface area contributed by atoms with Crippen molar-refractivity contribution in [1.82, 2.24) is 5.32 Å². The fourth-order valence-corrected chi connectivity index (χ4v) is 2.59. The number of hydrogen-bond acceptors (Lipinski definition) is 2. The standard InChI is InChI=1S/C16H25NO/c1-12(2)18-16-10-5-4-9-14(16)15(17-3)11-13-7-6-8-13/h4-5,9-10,12-13,15,17H,6-8,11H2,1-3H3. The Morgan fingerprint density at radius 1 is 1.28 bits per heavy atom. The van der Waals surface area contributed by atoms with Gasteiger partial charge in [-0.1, -0.05) is 37.5 Å². The van der Waals surface area contributed by atoms with E-state index in [0.717, 1.165) is 11.7 Å². The van der Waals surface area contributed by atoms with Crippen LogP contribution in [0.2, 0.25) is 0 Å². The summed E-state index contributed by atoms with van der Waals surface area (Å²) >= 11 is 0. The fraction of sp³-hybridized carbons (Fsp3) is 0.625. The van der Waals surface area contributed by atoms with Crippen LogP contribution in [0.15, 0.2) is 24.3 Å². The minimum absolute atomic E-state index is 0.229. The third-order valence-corrected chi connectivity index (χ3v) is 3.80. The largest absolute Gasteiger partial charge is 0.491 e. The topological polar surface area (TPSA) is 21.3 Å². The van der Waals surface area contributed by atoms with E-state index in [1.54, 1.807) is 0 Å². The molecule has 1 atom stereocenters. The zero-order valence-electron chi connectivity index (χ0n) is 11.8. The van der Waals surface area contributed by atoms with Gasteiger partial charge >= 0.3 is 0 Å². The smallest absolute Gasteiger partial charge is 0.124 e. The number of para-hydroxylation sites is 1. The first-order valence-corrected chi connectivity index (χ1v) is 7.13. The molecule has 1 aliphatic rings. The average molecular weight is 247 g/mol. The molecule has 0 radical (unpaired) electrons. The Morgan fingerprint density at radius 2 is 2.00 bits per heavy atom. The summed E-state index contributed by atoms with van der Waals surface area (Å²) in [5.74, 6) is 1.93. The van der Waals surface area contributed by atoms with E-state index in [2.05, 4.69) is 50.5 Å². The van der Waals surface area contributed by atoms with E-state index in [1.165, 1.54) is 31.2 Å². The molecule has 2 rings (SSSR count). The Bertz CT molecular complexity index is 371. The van der Waals surface area contributed by atoms with E-state index in [0.29, 0.717) is 6.04 Å². The molecular formula is C16H25NO. The van der Waals surface area contributed by atoms with Crippen molar-refractivity contribution < 1.29 is 4.74 Å². The van der Waals surface area contributed by atoms with Gasteiger partial charge in [0, 0.05) is 11.6 Å². The first-order valence-electron chi connectivity index (χ1n) is 7.13. The molecule has 1 saturated carbocycles. The summed E-state index contributed by atoms with van der Waals surface area (Å²) in [4.78, 5) is 0. The molecule has 0 aromatic heterocycles. The minimum atomic E-state index is 0.229. The maximum Gasteiger partial charge on any atom is 0.124 e. The summed E-state index contributed by atoms with van der Waals surface area (Å²) in [5.41, 5.74) is 1.31. The van der Waals surface area contributed by atoms with Crippen molar-refractivity contribution in [1.29, 1.82) is 0 Å². The summed E-state index contributed by atoms with van der Waals surface area (Å²) in [6.07, 6.45) is 5.66. The van der Waals surface area contributed by atoms with Crippen LogP contribution in [0.25, 0.3) is 0 Å². The molecular weight excluding hydrogens is 222 g/mol. The van der Waals surface area contributed by atoms with Crippen molar-refractivity contribution >= 4 is 0 Å². The van der Waals surface area contributed by atoms with E-state index in [4.69, 9.17) is 4.74 Å². The zero-order valence-corrected chi connectivity index (χ0v) is 11.8. The lowest BCUT2D eigenvalue weighted by Crippen LogP contribution is -2.24. The molecule has 18 heavy (non-hydrogen) atoms. The van der Waals surface area contributed by atoms with E-state index >= 15 is 0 Å². The van der Waals surface area contributed by atoms with Gasteiger partial charge in [-0.15, -0.1) is 0 Å². The molecule has 1 unspecified atom stereocenters. The zero-order chi connectivity index (χ0) is 13.0. The predicted octanol–water partition coefficient (Wildman–Crippen LogP) is 3.92. The van der Waals surface area contributed by atoms with Crippen molar-refractivity contribution in [2.45, 2.75) is 51.7 Å². The minimum Gasteiger partial charge on any atom is -0.491 e. The van der Waals surface area contributed by atoms with E-state index in [9.17, 15) is 0 Å². The van der Waals surface area contributed by atoms with Gasteiger partial charge in [0.2, 0.25) is 0 Å². The van der Waals surface area contributed by atoms with E-state index < -0.39 is 0 Å². The van der Waals surface area contributed by atoms with Crippen LogP contribution in [0.5, 0.6) is 5.75 Å². The summed E-state index contributed by atoms with van der Waals surface area (Å²) in [6, 6.07) is 8.85.